The van der Waals surface area contributed by atoms with E-state index < -0.39 is 5.97 Å². The van der Waals surface area contributed by atoms with Crippen molar-refractivity contribution in [2.24, 2.45) is 0 Å². The Bertz CT molecular complexity index is 198. The zero-order valence-electron chi connectivity index (χ0n) is 5.50. The van der Waals surface area contributed by atoms with Crippen LogP contribution in [0.4, 0.5) is 0 Å². The fourth-order valence-corrected chi connectivity index (χ4v) is 0.388. The summed E-state index contributed by atoms with van der Waals surface area (Å²) in [5, 5.41) is 9.13. The van der Waals surface area contributed by atoms with Crippen molar-refractivity contribution in [2.75, 3.05) is 0 Å². The first-order chi connectivity index (χ1) is 4.29. The molecule has 0 spiro atoms. The summed E-state index contributed by atoms with van der Waals surface area (Å²) < 4.78 is 4.51. The summed E-state index contributed by atoms with van der Waals surface area (Å²) in [4.78, 5) is 10.2. The van der Waals surface area contributed by atoms with E-state index in [1.165, 1.54) is 13.1 Å². The maximum atomic E-state index is 10.2. The third-order valence-corrected chi connectivity index (χ3v) is 0.643. The van der Waals surface area contributed by atoms with Gasteiger partial charge in [-0.3, -0.25) is 9.89 Å². The van der Waals surface area contributed by atoms with Gasteiger partial charge in [-0.25, -0.2) is 0 Å². The smallest absolute Gasteiger partial charge is 0.309 e. The van der Waals surface area contributed by atoms with Gasteiger partial charge in [0.1, 0.15) is 0 Å². The Balaban J connectivity index is 0.000000810. The van der Waals surface area contributed by atoms with E-state index in [9.17, 15) is 4.79 Å². The van der Waals surface area contributed by atoms with E-state index in [4.69, 9.17) is 0 Å². The number of ether oxygens (including phenoxy) is 1. The first-order valence-corrected chi connectivity index (χ1v) is 2.34. The normalized spacial score (nSPS) is 8.10. The van der Waals surface area contributed by atoms with Crippen LogP contribution in [0.1, 0.15) is 6.92 Å². The molecule has 1 heterocycles. The van der Waals surface area contributed by atoms with Crippen molar-refractivity contribution in [2.45, 2.75) is 6.92 Å². The number of carbonyl (C=O) groups excluding carboxylic acids is 1. The molecule has 10 heavy (non-hydrogen) atoms. The standard InChI is InChI=1S/C4H5N3O2.Zn/c1-3(8)9-4-2-5-7-6-4;/h2H,1H3,(H,5,6,7);. The molecule has 0 unspecified atom stereocenters. The number of H-pyrrole nitrogens is 1. The fraction of sp³-hybridized carbons (Fsp3) is 0.250. The van der Waals surface area contributed by atoms with Gasteiger partial charge in [-0.15, -0.1) is 0 Å². The zero-order valence-corrected chi connectivity index (χ0v) is 8.46. The second-order valence-electron chi connectivity index (χ2n) is 1.41. The molecule has 1 aromatic rings. The molecule has 0 radical (unpaired) electrons. The molecule has 0 saturated heterocycles. The van der Waals surface area contributed by atoms with Gasteiger partial charge in [0.05, 0.1) is 6.20 Å². The summed E-state index contributed by atoms with van der Waals surface area (Å²) in [5.74, 6) is -0.202. The number of nitrogens with one attached hydrogen (secondary N) is 1. The Labute approximate surface area is 69.9 Å². The Morgan fingerprint density at radius 1 is 1.80 bits per heavy atom. The van der Waals surface area contributed by atoms with E-state index in [0.717, 1.165) is 0 Å². The minimum Gasteiger partial charge on any atom is -0.404 e. The molecule has 0 saturated carbocycles. The Morgan fingerprint density at radius 3 is 2.90 bits per heavy atom. The minimum atomic E-state index is -0.399. The van der Waals surface area contributed by atoms with Crippen molar-refractivity contribution in [1.82, 2.24) is 15.4 Å². The third-order valence-electron chi connectivity index (χ3n) is 0.643. The zero-order chi connectivity index (χ0) is 6.69. The molecule has 0 amide bonds. The van der Waals surface area contributed by atoms with Crippen LogP contribution >= 0.6 is 0 Å². The van der Waals surface area contributed by atoms with Gasteiger partial charge >= 0.3 is 5.97 Å². The second kappa shape index (κ2) is 4.11. The molecule has 0 fully saturated rings. The third kappa shape index (κ3) is 2.68. The van der Waals surface area contributed by atoms with Crippen LogP contribution in [0.5, 0.6) is 5.88 Å². The minimum absolute atomic E-state index is 0. The van der Waals surface area contributed by atoms with Crippen LogP contribution in [0.3, 0.4) is 0 Å². The van der Waals surface area contributed by atoms with Crippen LogP contribution in [0, 0.1) is 0 Å². The summed E-state index contributed by atoms with van der Waals surface area (Å²) in [6, 6.07) is 0. The summed E-state index contributed by atoms with van der Waals surface area (Å²) >= 11 is 0. The van der Waals surface area contributed by atoms with Crippen LogP contribution in [0.2, 0.25) is 0 Å². The SMILES string of the molecule is CC(=O)Oc1c[nH]nn1.[Zn]. The van der Waals surface area contributed by atoms with Crippen molar-refractivity contribution in [3.63, 3.8) is 0 Å². The molecule has 1 aromatic heterocycles. The van der Waals surface area contributed by atoms with E-state index >= 15 is 0 Å². The number of carbonyl (C=O) groups is 1. The van der Waals surface area contributed by atoms with Crippen LogP contribution in [0.15, 0.2) is 6.20 Å². The molecule has 6 heteroatoms. The van der Waals surface area contributed by atoms with Crippen molar-refractivity contribution >= 4 is 5.97 Å². The molecule has 1 rings (SSSR count). The number of aromatic nitrogens is 3. The number of aromatic amines is 1. The quantitative estimate of drug-likeness (QED) is 0.491. The molecule has 0 aliphatic carbocycles. The van der Waals surface area contributed by atoms with Crippen LogP contribution in [-0.2, 0) is 24.3 Å². The Kier molecular flexibility index (Phi) is 3.80. The predicted molar refractivity (Wildman–Crippen MR) is 27.7 cm³/mol. The maximum Gasteiger partial charge on any atom is 0.309 e. The van der Waals surface area contributed by atoms with Crippen molar-refractivity contribution in [3.05, 3.63) is 6.20 Å². The summed E-state index contributed by atoms with van der Waals surface area (Å²) in [5.41, 5.74) is 0. The predicted octanol–water partition coefficient (Wildman–Crippen LogP) is -0.273. The number of esters is 1. The Morgan fingerprint density at radius 2 is 2.50 bits per heavy atom. The van der Waals surface area contributed by atoms with Gasteiger partial charge in [0.2, 0.25) is 0 Å². The maximum absolute atomic E-state index is 10.2. The summed E-state index contributed by atoms with van der Waals surface area (Å²) in [6.07, 6.45) is 1.39. The fourth-order valence-electron chi connectivity index (χ4n) is 0.388. The van der Waals surface area contributed by atoms with E-state index in [-0.39, 0.29) is 25.4 Å². The van der Waals surface area contributed by atoms with Gasteiger partial charge in [0.15, 0.2) is 0 Å². The van der Waals surface area contributed by atoms with Crippen LogP contribution < -0.4 is 4.74 Å². The number of nitrogens with zero attached hydrogens (tertiary/aromatic N) is 2. The van der Waals surface area contributed by atoms with Crippen LogP contribution in [-0.4, -0.2) is 21.4 Å². The van der Waals surface area contributed by atoms with Crippen LogP contribution in [0.25, 0.3) is 0 Å². The average Bonchev–Trinajstić information content (AvgIpc) is 2.15. The summed E-state index contributed by atoms with van der Waals surface area (Å²) in [6.45, 7) is 1.30. The summed E-state index contributed by atoms with van der Waals surface area (Å²) in [7, 11) is 0. The van der Waals surface area contributed by atoms with Crippen molar-refractivity contribution in [3.8, 4) is 5.88 Å². The molecule has 0 atom stereocenters. The number of rotatable bonds is 1. The molecular formula is C4H5N3O2Zn. The van der Waals surface area contributed by atoms with Gasteiger partial charge in [-0.1, -0.05) is 10.3 Å². The van der Waals surface area contributed by atoms with Crippen molar-refractivity contribution in [1.29, 1.82) is 0 Å². The van der Waals surface area contributed by atoms with E-state index in [2.05, 4.69) is 20.1 Å². The molecule has 1 N–H and O–H groups in total. The molecule has 0 aromatic carbocycles. The van der Waals surface area contributed by atoms with Crippen molar-refractivity contribution < 1.29 is 29.0 Å². The van der Waals surface area contributed by atoms with E-state index in [0.29, 0.717) is 0 Å². The van der Waals surface area contributed by atoms with Gasteiger partial charge in [-0.05, 0) is 0 Å². The van der Waals surface area contributed by atoms with Gasteiger partial charge in [0, 0.05) is 26.4 Å². The van der Waals surface area contributed by atoms with E-state index in [1.54, 1.807) is 0 Å². The second-order valence-corrected chi connectivity index (χ2v) is 1.41. The molecule has 0 bridgehead atoms. The van der Waals surface area contributed by atoms with Gasteiger partial charge in [0.25, 0.3) is 5.88 Å². The average molecular weight is 192 g/mol. The van der Waals surface area contributed by atoms with E-state index in [1.807, 2.05) is 0 Å². The van der Waals surface area contributed by atoms with Gasteiger partial charge in [-0.2, -0.15) is 0 Å². The topological polar surface area (TPSA) is 67.9 Å². The monoisotopic (exact) mass is 191 g/mol. The first-order valence-electron chi connectivity index (χ1n) is 2.34. The first kappa shape index (κ1) is 9.23. The molecule has 50 valence electrons. The largest absolute Gasteiger partial charge is 0.404 e. The Hall–Kier alpha value is -0.767. The molecular weight excluding hydrogens is 187 g/mol. The molecule has 5 nitrogen and oxygen atoms in total. The number of hydrogen-bond donors (Lipinski definition) is 1. The molecule has 0 aliphatic heterocycles. The van der Waals surface area contributed by atoms with Gasteiger partial charge < -0.3 is 4.74 Å². The number of hydrogen-bond acceptors (Lipinski definition) is 4. The molecule has 0 aliphatic rings.